The lowest BCUT2D eigenvalue weighted by molar-refractivity contribution is -0.141. The third kappa shape index (κ3) is 6.90. The van der Waals surface area contributed by atoms with E-state index in [2.05, 4.69) is 19.2 Å². The highest BCUT2D eigenvalue weighted by Crippen LogP contribution is 2.25. The Labute approximate surface area is 180 Å². The molecule has 2 rings (SSSR count). The molecule has 0 spiro atoms. The Morgan fingerprint density at radius 2 is 1.57 bits per heavy atom. The summed E-state index contributed by atoms with van der Waals surface area (Å²) in [7, 11) is 0. The van der Waals surface area contributed by atoms with Crippen molar-refractivity contribution in [2.24, 2.45) is 0 Å². The van der Waals surface area contributed by atoms with E-state index in [1.165, 1.54) is 0 Å². The van der Waals surface area contributed by atoms with Crippen LogP contribution in [0.3, 0.4) is 0 Å². The van der Waals surface area contributed by atoms with E-state index in [0.29, 0.717) is 24.6 Å². The Morgan fingerprint density at radius 1 is 0.933 bits per heavy atom. The van der Waals surface area contributed by atoms with Gasteiger partial charge in [0.2, 0.25) is 5.91 Å². The van der Waals surface area contributed by atoms with Gasteiger partial charge in [0, 0.05) is 12.6 Å². The number of para-hydroxylation sites is 1. The molecule has 0 heterocycles. The number of ether oxygens (including phenoxy) is 1. The lowest BCUT2D eigenvalue weighted by Crippen LogP contribution is -2.51. The number of nitrogens with zero attached hydrogens (tertiary/aromatic N) is 1. The van der Waals surface area contributed by atoms with Gasteiger partial charge in [0.1, 0.15) is 11.8 Å². The van der Waals surface area contributed by atoms with Gasteiger partial charge in [0.05, 0.1) is 0 Å². The number of carbonyl (C=O) groups excluding carboxylic acids is 2. The summed E-state index contributed by atoms with van der Waals surface area (Å²) in [6, 6.07) is 17.2. The van der Waals surface area contributed by atoms with Crippen molar-refractivity contribution in [3.63, 3.8) is 0 Å². The second kappa shape index (κ2) is 11.4. The fraction of sp³-hybridized carbons (Fsp3) is 0.440. The molecule has 0 aromatic heterocycles. The summed E-state index contributed by atoms with van der Waals surface area (Å²) in [5.41, 5.74) is 2.18. The number of rotatable bonds is 10. The monoisotopic (exact) mass is 410 g/mol. The summed E-state index contributed by atoms with van der Waals surface area (Å²) in [6.45, 7) is 10.1. The lowest BCUT2D eigenvalue weighted by Gasteiger charge is -2.29. The number of benzene rings is 2. The molecule has 5 heteroatoms. The van der Waals surface area contributed by atoms with Crippen molar-refractivity contribution in [3.8, 4) is 5.75 Å². The third-order valence-electron chi connectivity index (χ3n) is 4.97. The number of amides is 2. The van der Waals surface area contributed by atoms with E-state index in [4.69, 9.17) is 4.74 Å². The van der Waals surface area contributed by atoms with Gasteiger partial charge in [0.15, 0.2) is 6.61 Å². The molecule has 30 heavy (non-hydrogen) atoms. The van der Waals surface area contributed by atoms with Crippen LogP contribution in [0.2, 0.25) is 0 Å². The standard InChI is InChI=1S/C25H34N2O3/c1-18(2)22-13-9-10-14-23(22)30-17-24(28)27(20(5)25(29)26-19(3)4)16-15-21-11-7-6-8-12-21/h6-14,18-20H,15-17H2,1-5H3,(H,26,29)/t20-/m0/s1. The highest BCUT2D eigenvalue weighted by molar-refractivity contribution is 5.88. The lowest BCUT2D eigenvalue weighted by atomic mass is 10.0. The zero-order chi connectivity index (χ0) is 22.1. The van der Waals surface area contributed by atoms with Crippen molar-refractivity contribution in [2.45, 2.75) is 59.0 Å². The summed E-state index contributed by atoms with van der Waals surface area (Å²) >= 11 is 0. The van der Waals surface area contributed by atoms with E-state index < -0.39 is 6.04 Å². The molecular weight excluding hydrogens is 376 g/mol. The Hall–Kier alpha value is -2.82. The normalized spacial score (nSPS) is 12.0. The third-order valence-corrected chi connectivity index (χ3v) is 4.97. The van der Waals surface area contributed by atoms with E-state index >= 15 is 0 Å². The molecule has 0 unspecified atom stereocenters. The van der Waals surface area contributed by atoms with E-state index in [1.807, 2.05) is 68.4 Å². The van der Waals surface area contributed by atoms with E-state index in [-0.39, 0.29) is 24.5 Å². The van der Waals surface area contributed by atoms with Crippen molar-refractivity contribution < 1.29 is 14.3 Å². The summed E-state index contributed by atoms with van der Waals surface area (Å²) in [4.78, 5) is 27.3. The number of hydrogen-bond acceptors (Lipinski definition) is 3. The average Bonchev–Trinajstić information content (AvgIpc) is 2.72. The maximum atomic E-state index is 13.1. The van der Waals surface area contributed by atoms with Crippen LogP contribution in [-0.4, -0.2) is 41.9 Å². The molecule has 0 radical (unpaired) electrons. The average molecular weight is 411 g/mol. The van der Waals surface area contributed by atoms with Gasteiger partial charge in [-0.1, -0.05) is 62.4 Å². The highest BCUT2D eigenvalue weighted by Gasteiger charge is 2.26. The fourth-order valence-corrected chi connectivity index (χ4v) is 3.29. The number of carbonyl (C=O) groups is 2. The molecule has 0 aliphatic rings. The maximum absolute atomic E-state index is 13.1. The second-order valence-corrected chi connectivity index (χ2v) is 8.14. The molecule has 0 aliphatic carbocycles. The predicted molar refractivity (Wildman–Crippen MR) is 121 cm³/mol. The molecule has 0 saturated heterocycles. The van der Waals surface area contributed by atoms with Crippen LogP contribution in [0.5, 0.6) is 5.75 Å². The molecule has 2 aromatic rings. The molecule has 1 atom stereocenters. The quantitative estimate of drug-likeness (QED) is 0.639. The van der Waals surface area contributed by atoms with Crippen molar-refractivity contribution >= 4 is 11.8 Å². The highest BCUT2D eigenvalue weighted by atomic mass is 16.5. The summed E-state index contributed by atoms with van der Waals surface area (Å²) < 4.78 is 5.88. The van der Waals surface area contributed by atoms with Crippen LogP contribution >= 0.6 is 0 Å². The minimum absolute atomic E-state index is 0.0141. The Morgan fingerprint density at radius 3 is 2.20 bits per heavy atom. The molecule has 2 amide bonds. The summed E-state index contributed by atoms with van der Waals surface area (Å²) in [5, 5.41) is 2.90. The van der Waals surface area contributed by atoms with Gasteiger partial charge >= 0.3 is 0 Å². The van der Waals surface area contributed by atoms with Gasteiger partial charge in [-0.3, -0.25) is 9.59 Å². The smallest absolute Gasteiger partial charge is 0.261 e. The molecule has 0 aliphatic heterocycles. The van der Waals surface area contributed by atoms with Gasteiger partial charge < -0.3 is 15.0 Å². The first-order valence-electron chi connectivity index (χ1n) is 10.6. The Kier molecular flexibility index (Phi) is 8.90. The van der Waals surface area contributed by atoms with Crippen molar-refractivity contribution in [3.05, 3.63) is 65.7 Å². The second-order valence-electron chi connectivity index (χ2n) is 8.14. The minimum atomic E-state index is -0.576. The fourth-order valence-electron chi connectivity index (χ4n) is 3.29. The molecule has 1 N–H and O–H groups in total. The number of hydrogen-bond donors (Lipinski definition) is 1. The van der Waals surface area contributed by atoms with Crippen LogP contribution < -0.4 is 10.1 Å². The Balaban J connectivity index is 2.11. The zero-order valence-electron chi connectivity index (χ0n) is 18.7. The molecule has 2 aromatic carbocycles. The van der Waals surface area contributed by atoms with Crippen LogP contribution in [-0.2, 0) is 16.0 Å². The summed E-state index contributed by atoms with van der Waals surface area (Å²) in [6.07, 6.45) is 0.675. The largest absolute Gasteiger partial charge is 0.483 e. The van der Waals surface area contributed by atoms with Gasteiger partial charge in [-0.15, -0.1) is 0 Å². The van der Waals surface area contributed by atoms with E-state index in [9.17, 15) is 9.59 Å². The van der Waals surface area contributed by atoms with Crippen LogP contribution in [0.15, 0.2) is 54.6 Å². The van der Waals surface area contributed by atoms with Crippen LogP contribution in [0.25, 0.3) is 0 Å². The van der Waals surface area contributed by atoms with Crippen molar-refractivity contribution in [1.82, 2.24) is 10.2 Å². The topological polar surface area (TPSA) is 58.6 Å². The zero-order valence-corrected chi connectivity index (χ0v) is 18.7. The maximum Gasteiger partial charge on any atom is 0.261 e. The van der Waals surface area contributed by atoms with E-state index in [1.54, 1.807) is 11.8 Å². The first-order chi connectivity index (χ1) is 14.3. The van der Waals surface area contributed by atoms with Gasteiger partial charge in [-0.25, -0.2) is 0 Å². The molecule has 0 saturated carbocycles. The minimum Gasteiger partial charge on any atom is -0.483 e. The number of nitrogens with one attached hydrogen (secondary N) is 1. The van der Waals surface area contributed by atoms with E-state index in [0.717, 1.165) is 11.1 Å². The first kappa shape index (κ1) is 23.5. The van der Waals surface area contributed by atoms with Crippen LogP contribution in [0, 0.1) is 0 Å². The van der Waals surface area contributed by atoms with Gasteiger partial charge in [-0.2, -0.15) is 0 Å². The van der Waals surface area contributed by atoms with Crippen molar-refractivity contribution in [2.75, 3.05) is 13.2 Å². The molecular formula is C25H34N2O3. The van der Waals surface area contributed by atoms with Gasteiger partial charge in [-0.05, 0) is 50.3 Å². The molecule has 5 nitrogen and oxygen atoms in total. The predicted octanol–water partition coefficient (Wildman–Crippen LogP) is 4.17. The van der Waals surface area contributed by atoms with Gasteiger partial charge in [0.25, 0.3) is 5.91 Å². The van der Waals surface area contributed by atoms with Crippen molar-refractivity contribution in [1.29, 1.82) is 0 Å². The SMILES string of the molecule is CC(C)NC(=O)[C@H](C)N(CCc1ccccc1)C(=O)COc1ccccc1C(C)C. The van der Waals surface area contributed by atoms with Crippen LogP contribution in [0.4, 0.5) is 0 Å². The summed E-state index contributed by atoms with van der Waals surface area (Å²) in [5.74, 6) is 0.647. The first-order valence-corrected chi connectivity index (χ1v) is 10.6. The molecule has 0 bridgehead atoms. The van der Waals surface area contributed by atoms with Crippen LogP contribution in [0.1, 0.15) is 51.7 Å². The Bertz CT molecular complexity index is 818. The molecule has 162 valence electrons. The molecule has 0 fully saturated rings.